The van der Waals surface area contributed by atoms with Gasteiger partial charge in [-0.3, -0.25) is 9.98 Å². The molecule has 0 radical (unpaired) electrons. The van der Waals surface area contributed by atoms with Crippen molar-refractivity contribution in [1.82, 2.24) is 9.66 Å². The van der Waals surface area contributed by atoms with Crippen LogP contribution in [-0.4, -0.2) is 22.4 Å². The molecule has 25 heavy (non-hydrogen) atoms. The van der Waals surface area contributed by atoms with E-state index in [0.717, 1.165) is 21.6 Å². The van der Waals surface area contributed by atoms with Crippen LogP contribution in [-0.2, 0) is 0 Å². The molecule has 0 aliphatic rings. The second kappa shape index (κ2) is 8.25. The second-order valence-electron chi connectivity index (χ2n) is 5.00. The lowest BCUT2D eigenvalue weighted by molar-refractivity contribution is 0.840. The number of halogens is 2. The monoisotopic (exact) mass is 388 g/mol. The Bertz CT molecular complexity index is 974. The molecule has 0 aliphatic carbocycles. The molecule has 0 aliphatic heterocycles. The van der Waals surface area contributed by atoms with Crippen molar-refractivity contribution in [2.24, 2.45) is 10.1 Å². The molecule has 1 aromatic carbocycles. The number of benzene rings is 1. The maximum absolute atomic E-state index is 6.16. The van der Waals surface area contributed by atoms with E-state index in [1.54, 1.807) is 35.4 Å². The SMILES string of the molecule is C=CCN=c1scc(-c2ccc(Cl)c(Cl)c2)n1/N=C/c1cccnc1. The Morgan fingerprint density at radius 1 is 1.24 bits per heavy atom. The summed E-state index contributed by atoms with van der Waals surface area (Å²) in [6.07, 6.45) is 6.96. The molecular formula is C18H14Cl2N4S. The molecule has 0 bridgehead atoms. The minimum Gasteiger partial charge on any atom is -0.264 e. The minimum atomic E-state index is 0.498. The zero-order chi connectivity index (χ0) is 17.6. The topological polar surface area (TPSA) is 42.5 Å². The highest BCUT2D eigenvalue weighted by atomic mass is 35.5. The van der Waals surface area contributed by atoms with Crippen molar-refractivity contribution < 1.29 is 0 Å². The Kier molecular flexibility index (Phi) is 5.81. The Balaban J connectivity index is 2.09. The summed E-state index contributed by atoms with van der Waals surface area (Å²) in [4.78, 5) is 9.35. The number of nitrogens with zero attached hydrogens (tertiary/aromatic N) is 4. The van der Waals surface area contributed by atoms with Gasteiger partial charge in [0.1, 0.15) is 0 Å². The largest absolute Gasteiger partial charge is 0.264 e. The lowest BCUT2D eigenvalue weighted by atomic mass is 10.2. The van der Waals surface area contributed by atoms with E-state index < -0.39 is 0 Å². The van der Waals surface area contributed by atoms with Crippen LogP contribution in [0.5, 0.6) is 0 Å². The normalized spacial score (nSPS) is 12.0. The third kappa shape index (κ3) is 4.25. The van der Waals surface area contributed by atoms with Crippen LogP contribution >= 0.6 is 34.5 Å². The van der Waals surface area contributed by atoms with Crippen molar-refractivity contribution in [3.05, 3.63) is 81.2 Å². The first-order valence-electron chi connectivity index (χ1n) is 7.41. The molecule has 0 saturated carbocycles. The molecular weight excluding hydrogens is 375 g/mol. The maximum Gasteiger partial charge on any atom is 0.206 e. The molecule has 0 N–H and O–H groups in total. The molecule has 7 heteroatoms. The van der Waals surface area contributed by atoms with E-state index in [-0.39, 0.29) is 0 Å². The first kappa shape index (κ1) is 17.6. The summed E-state index contributed by atoms with van der Waals surface area (Å²) in [6, 6.07) is 9.29. The van der Waals surface area contributed by atoms with Gasteiger partial charge in [0.2, 0.25) is 4.80 Å². The molecule has 2 aromatic heterocycles. The molecule has 0 fully saturated rings. The molecule has 2 heterocycles. The molecule has 0 saturated heterocycles. The van der Waals surface area contributed by atoms with Crippen molar-refractivity contribution in [2.75, 3.05) is 6.54 Å². The van der Waals surface area contributed by atoms with E-state index in [1.165, 1.54) is 11.3 Å². The van der Waals surface area contributed by atoms with Crippen molar-refractivity contribution in [3.63, 3.8) is 0 Å². The highest BCUT2D eigenvalue weighted by Gasteiger charge is 2.09. The Labute approximate surface area is 159 Å². The zero-order valence-corrected chi connectivity index (χ0v) is 15.5. The highest BCUT2D eigenvalue weighted by molar-refractivity contribution is 7.07. The summed E-state index contributed by atoms with van der Waals surface area (Å²) < 4.78 is 1.78. The van der Waals surface area contributed by atoms with Gasteiger partial charge < -0.3 is 0 Å². The smallest absolute Gasteiger partial charge is 0.206 e. The van der Waals surface area contributed by atoms with Crippen molar-refractivity contribution in [2.45, 2.75) is 0 Å². The van der Waals surface area contributed by atoms with Crippen molar-refractivity contribution in [1.29, 1.82) is 0 Å². The Hall–Kier alpha value is -2.21. The van der Waals surface area contributed by atoms with Gasteiger partial charge in [0, 0.05) is 28.9 Å². The van der Waals surface area contributed by atoms with Crippen LogP contribution < -0.4 is 4.80 Å². The summed E-state index contributed by atoms with van der Waals surface area (Å²) in [5, 5.41) is 7.58. The van der Waals surface area contributed by atoms with E-state index in [9.17, 15) is 0 Å². The van der Waals surface area contributed by atoms with Gasteiger partial charge in [-0.05, 0) is 18.2 Å². The lowest BCUT2D eigenvalue weighted by Crippen LogP contribution is -2.12. The molecule has 126 valence electrons. The van der Waals surface area contributed by atoms with Crippen LogP contribution in [0.3, 0.4) is 0 Å². The first-order valence-corrected chi connectivity index (χ1v) is 9.04. The summed E-state index contributed by atoms with van der Waals surface area (Å²) in [7, 11) is 0. The van der Waals surface area contributed by atoms with Crippen LogP contribution in [0.25, 0.3) is 11.3 Å². The van der Waals surface area contributed by atoms with Gasteiger partial charge >= 0.3 is 0 Å². The van der Waals surface area contributed by atoms with E-state index in [0.29, 0.717) is 16.6 Å². The van der Waals surface area contributed by atoms with Gasteiger partial charge in [0.25, 0.3) is 0 Å². The summed E-state index contributed by atoms with van der Waals surface area (Å²) in [5.41, 5.74) is 2.69. The summed E-state index contributed by atoms with van der Waals surface area (Å²) >= 11 is 13.7. The fraction of sp³-hybridized carbons (Fsp3) is 0.0556. The predicted octanol–water partition coefficient (Wildman–Crippen LogP) is 4.89. The molecule has 3 aromatic rings. The molecule has 0 spiro atoms. The average molecular weight is 389 g/mol. The predicted molar refractivity (Wildman–Crippen MR) is 106 cm³/mol. The number of hydrogen-bond acceptors (Lipinski definition) is 4. The minimum absolute atomic E-state index is 0.498. The van der Waals surface area contributed by atoms with Crippen LogP contribution in [0.2, 0.25) is 10.0 Å². The maximum atomic E-state index is 6.16. The van der Waals surface area contributed by atoms with E-state index in [2.05, 4.69) is 21.7 Å². The third-order valence-electron chi connectivity index (χ3n) is 3.26. The summed E-state index contributed by atoms with van der Waals surface area (Å²) in [5.74, 6) is 0. The van der Waals surface area contributed by atoms with Gasteiger partial charge in [-0.25, -0.2) is 4.68 Å². The third-order valence-corrected chi connectivity index (χ3v) is 4.86. The van der Waals surface area contributed by atoms with E-state index in [4.69, 9.17) is 23.2 Å². The first-order chi connectivity index (χ1) is 12.2. The van der Waals surface area contributed by atoms with Crippen LogP contribution in [0.4, 0.5) is 0 Å². The molecule has 0 atom stereocenters. The van der Waals surface area contributed by atoms with Crippen LogP contribution in [0, 0.1) is 0 Å². The number of thiazole rings is 1. The lowest BCUT2D eigenvalue weighted by Gasteiger charge is -2.05. The number of pyridine rings is 1. The quantitative estimate of drug-likeness (QED) is 0.453. The molecule has 0 unspecified atom stereocenters. The zero-order valence-electron chi connectivity index (χ0n) is 13.1. The average Bonchev–Trinajstić information content (AvgIpc) is 3.04. The van der Waals surface area contributed by atoms with Gasteiger partial charge in [-0.15, -0.1) is 17.9 Å². The Morgan fingerprint density at radius 3 is 2.84 bits per heavy atom. The standard InChI is InChI=1S/C18H14Cl2N4S/c1-2-7-22-18-24(23-11-13-4-3-8-21-10-13)17(12-25-18)14-5-6-15(19)16(20)9-14/h2-6,8-12H,1,7H2/b22-18?,23-11+. The highest BCUT2D eigenvalue weighted by Crippen LogP contribution is 2.28. The van der Waals surface area contributed by atoms with E-state index >= 15 is 0 Å². The van der Waals surface area contributed by atoms with Gasteiger partial charge in [-0.2, -0.15) is 5.10 Å². The van der Waals surface area contributed by atoms with Crippen molar-refractivity contribution in [3.8, 4) is 11.3 Å². The fourth-order valence-corrected chi connectivity index (χ4v) is 3.24. The Morgan fingerprint density at radius 2 is 2.12 bits per heavy atom. The van der Waals surface area contributed by atoms with Crippen LogP contribution in [0.1, 0.15) is 5.56 Å². The number of rotatable bonds is 5. The fourth-order valence-electron chi connectivity index (χ4n) is 2.09. The number of hydrogen-bond donors (Lipinski definition) is 0. The molecule has 4 nitrogen and oxygen atoms in total. The van der Waals surface area contributed by atoms with Crippen molar-refractivity contribution >= 4 is 40.8 Å². The summed E-state index contributed by atoms with van der Waals surface area (Å²) in [6.45, 7) is 4.23. The van der Waals surface area contributed by atoms with Gasteiger partial charge in [0.15, 0.2) is 0 Å². The molecule has 0 amide bonds. The van der Waals surface area contributed by atoms with Gasteiger partial charge in [0.05, 0.1) is 28.5 Å². The van der Waals surface area contributed by atoms with Gasteiger partial charge in [-0.1, -0.05) is 41.4 Å². The number of aromatic nitrogens is 2. The second-order valence-corrected chi connectivity index (χ2v) is 6.66. The van der Waals surface area contributed by atoms with E-state index in [1.807, 2.05) is 29.6 Å². The van der Waals surface area contributed by atoms with Crippen LogP contribution in [0.15, 0.2) is 70.9 Å². The molecule has 3 rings (SSSR count).